The zero-order valence-corrected chi connectivity index (χ0v) is 32.0. The van der Waals surface area contributed by atoms with Crippen molar-refractivity contribution in [2.45, 2.75) is 110 Å². The van der Waals surface area contributed by atoms with Gasteiger partial charge in [0.1, 0.15) is 11.7 Å². The number of halogens is 2. The maximum atomic E-state index is 13.4. The summed E-state index contributed by atoms with van der Waals surface area (Å²) in [5.74, 6) is -3.52. The van der Waals surface area contributed by atoms with Crippen molar-refractivity contribution in [1.29, 1.82) is 0 Å². The monoisotopic (exact) mass is 757 g/mol. The number of benzene rings is 3. The number of esters is 3. The highest BCUT2D eigenvalue weighted by Gasteiger charge is 2.61. The molecule has 8 bridgehead atoms. The lowest BCUT2D eigenvalue weighted by Gasteiger charge is -2.59. The first-order chi connectivity index (χ1) is 25.9. The van der Waals surface area contributed by atoms with Crippen LogP contribution in [0.3, 0.4) is 0 Å². The lowest BCUT2D eigenvalue weighted by molar-refractivity contribution is -0.214. The third-order valence-corrected chi connectivity index (χ3v) is 15.8. The van der Waals surface area contributed by atoms with Crippen LogP contribution in [-0.4, -0.2) is 42.1 Å². The molecule has 0 radical (unpaired) electrons. The number of ether oxygens (including phenoxy) is 3. The molecule has 3 aromatic carbocycles. The quantitative estimate of drug-likeness (QED) is 0.123. The van der Waals surface area contributed by atoms with Gasteiger partial charge in [-0.05, 0) is 149 Å². The number of alkyl halides is 2. The van der Waals surface area contributed by atoms with Gasteiger partial charge in [0.15, 0.2) is 21.3 Å². The minimum absolute atomic E-state index is 0.0146. The Hall–Kier alpha value is -3.72. The largest absolute Gasteiger partial charge is 0.457 e. The molecule has 2 unspecified atom stereocenters. The minimum Gasteiger partial charge on any atom is -0.457 e. The SMILES string of the molecule is CC(F)(F)C(=O)OC1C2CC3CC1CC(C(=O)OCC(=O)OC1(C)C4CC5CC(C4)CC1C5)(C3)C2.c1ccc([S+](c2ccccc2)c2ccccc2)cc1. The molecule has 0 spiro atoms. The van der Waals surface area contributed by atoms with Gasteiger partial charge in [0.05, 0.1) is 16.3 Å². The number of hydrogen-bond acceptors (Lipinski definition) is 6. The second-order valence-corrected chi connectivity index (χ2v) is 19.3. The predicted octanol–water partition coefficient (Wildman–Crippen LogP) is 9.46. The van der Waals surface area contributed by atoms with E-state index in [0.29, 0.717) is 38.0 Å². The van der Waals surface area contributed by atoms with Crippen molar-refractivity contribution >= 4 is 28.8 Å². The molecular formula is C45H51F2O6S+. The van der Waals surface area contributed by atoms with Crippen molar-refractivity contribution in [2.75, 3.05) is 6.61 Å². The van der Waals surface area contributed by atoms with Crippen LogP contribution in [0.15, 0.2) is 106 Å². The maximum Gasteiger partial charge on any atom is 0.376 e. The normalized spacial score (nSPS) is 34.2. The molecule has 0 aromatic heterocycles. The zero-order chi connectivity index (χ0) is 37.7. The molecule has 8 aliphatic rings. The Morgan fingerprint density at radius 2 is 1.15 bits per heavy atom. The summed E-state index contributed by atoms with van der Waals surface area (Å²) >= 11 is 0. The molecule has 11 rings (SSSR count). The second-order valence-electron chi connectivity index (χ2n) is 17.3. The van der Waals surface area contributed by atoms with Gasteiger partial charge in [-0.25, -0.2) is 9.59 Å². The molecule has 8 saturated carbocycles. The Balaban J connectivity index is 0.000000183. The number of carbonyl (C=O) groups is 3. The number of carbonyl (C=O) groups excluding carboxylic acids is 3. The van der Waals surface area contributed by atoms with Gasteiger partial charge in [-0.2, -0.15) is 8.78 Å². The maximum absolute atomic E-state index is 13.4. The van der Waals surface area contributed by atoms with Gasteiger partial charge in [0, 0.05) is 6.92 Å². The van der Waals surface area contributed by atoms with Crippen LogP contribution < -0.4 is 0 Å². The van der Waals surface area contributed by atoms with Gasteiger partial charge >= 0.3 is 23.8 Å². The van der Waals surface area contributed by atoms with E-state index in [2.05, 4.69) is 97.9 Å². The first-order valence-electron chi connectivity index (χ1n) is 19.8. The van der Waals surface area contributed by atoms with Gasteiger partial charge < -0.3 is 14.2 Å². The van der Waals surface area contributed by atoms with E-state index >= 15 is 0 Å². The van der Waals surface area contributed by atoms with E-state index in [1.54, 1.807) is 0 Å². The van der Waals surface area contributed by atoms with Gasteiger partial charge in [-0.3, -0.25) is 4.79 Å². The summed E-state index contributed by atoms with van der Waals surface area (Å²) in [6.07, 6.45) is 8.36. The van der Waals surface area contributed by atoms with Crippen molar-refractivity contribution in [2.24, 2.45) is 46.8 Å². The van der Waals surface area contributed by atoms with E-state index in [1.807, 2.05) is 0 Å². The molecule has 0 amide bonds. The zero-order valence-electron chi connectivity index (χ0n) is 31.2. The number of rotatable bonds is 9. The molecule has 3 aromatic rings. The summed E-state index contributed by atoms with van der Waals surface area (Å²) in [5, 5.41) is 0. The predicted molar refractivity (Wildman–Crippen MR) is 200 cm³/mol. The average Bonchev–Trinajstić information content (AvgIpc) is 3.15. The first-order valence-corrected chi connectivity index (χ1v) is 21.0. The fraction of sp³-hybridized carbons (Fsp3) is 0.533. The summed E-state index contributed by atoms with van der Waals surface area (Å²) in [7, 11) is -0.0146. The molecule has 0 heterocycles. The Labute approximate surface area is 320 Å². The van der Waals surface area contributed by atoms with Crippen molar-refractivity contribution in [1.82, 2.24) is 0 Å². The fourth-order valence-corrected chi connectivity index (χ4v) is 13.7. The van der Waals surface area contributed by atoms with Gasteiger partial charge in [0.2, 0.25) is 0 Å². The summed E-state index contributed by atoms with van der Waals surface area (Å²) < 4.78 is 43.7. The first kappa shape index (κ1) is 37.2. The minimum atomic E-state index is -3.53. The highest BCUT2D eigenvalue weighted by molar-refractivity contribution is 7.97. The Morgan fingerprint density at radius 3 is 1.59 bits per heavy atom. The molecule has 0 saturated heterocycles. The van der Waals surface area contributed by atoms with Crippen LogP contribution in [0.4, 0.5) is 8.78 Å². The summed E-state index contributed by atoms with van der Waals surface area (Å²) in [6, 6.07) is 32.2. The Morgan fingerprint density at radius 1 is 0.685 bits per heavy atom. The lowest BCUT2D eigenvalue weighted by Crippen LogP contribution is -2.59. The third-order valence-electron chi connectivity index (χ3n) is 13.6. The Kier molecular flexibility index (Phi) is 10.2. The van der Waals surface area contributed by atoms with Crippen LogP contribution in [0.25, 0.3) is 0 Å². The smallest absolute Gasteiger partial charge is 0.376 e. The van der Waals surface area contributed by atoms with Crippen LogP contribution in [0.2, 0.25) is 0 Å². The molecule has 0 aliphatic heterocycles. The lowest BCUT2D eigenvalue weighted by atomic mass is 9.48. The summed E-state index contributed by atoms with van der Waals surface area (Å²) in [4.78, 5) is 42.0. The van der Waals surface area contributed by atoms with Crippen molar-refractivity contribution < 1.29 is 37.4 Å². The highest BCUT2D eigenvalue weighted by atomic mass is 32.2. The molecule has 0 N–H and O–H groups in total. The van der Waals surface area contributed by atoms with Gasteiger partial charge in [-0.1, -0.05) is 54.6 Å². The molecule has 286 valence electrons. The Bertz CT molecular complexity index is 1680. The fourth-order valence-electron chi connectivity index (χ4n) is 11.6. The van der Waals surface area contributed by atoms with Crippen LogP contribution in [0.5, 0.6) is 0 Å². The van der Waals surface area contributed by atoms with E-state index in [0.717, 1.165) is 50.4 Å². The van der Waals surface area contributed by atoms with Crippen LogP contribution >= 0.6 is 0 Å². The van der Waals surface area contributed by atoms with E-state index in [9.17, 15) is 23.2 Å². The van der Waals surface area contributed by atoms with E-state index in [4.69, 9.17) is 14.2 Å². The topological polar surface area (TPSA) is 78.9 Å². The molecule has 6 nitrogen and oxygen atoms in total. The molecule has 54 heavy (non-hydrogen) atoms. The van der Waals surface area contributed by atoms with E-state index in [1.165, 1.54) is 21.1 Å². The summed E-state index contributed by atoms with van der Waals surface area (Å²) in [5.41, 5.74) is -1.18. The van der Waals surface area contributed by atoms with Crippen LogP contribution in [-0.2, 0) is 39.5 Å². The second kappa shape index (κ2) is 14.7. The molecule has 9 heteroatoms. The molecule has 8 aliphatic carbocycles. The van der Waals surface area contributed by atoms with Crippen molar-refractivity contribution in [3.63, 3.8) is 0 Å². The third kappa shape index (κ3) is 7.34. The highest BCUT2D eigenvalue weighted by Crippen LogP contribution is 2.62. The molecule has 8 fully saturated rings. The molecule has 2 atom stereocenters. The van der Waals surface area contributed by atoms with Crippen molar-refractivity contribution in [3.05, 3.63) is 91.0 Å². The van der Waals surface area contributed by atoms with Crippen LogP contribution in [0, 0.1) is 46.8 Å². The van der Waals surface area contributed by atoms with Crippen molar-refractivity contribution in [3.8, 4) is 0 Å². The van der Waals surface area contributed by atoms with E-state index in [-0.39, 0.29) is 35.3 Å². The number of hydrogen-bond donors (Lipinski definition) is 0. The van der Waals surface area contributed by atoms with Crippen LogP contribution in [0.1, 0.15) is 78.1 Å². The molecular weight excluding hydrogens is 707 g/mol. The average molecular weight is 758 g/mol. The van der Waals surface area contributed by atoms with E-state index < -0.39 is 41.0 Å². The standard InChI is InChI=1S/C27H36F2O6.C18H15S/c1-25(19-6-14-3-15(8-19)9-20(25)7-14)35-21(30)13-33-24(32)27-10-16-4-17(11-27)22(18(5-16)12-27)34-23(31)26(2,28)29;1-4-10-16(11-5-1)19(17-12-6-2-7-13-17)18-14-8-3-9-15-18/h14-20,22H,3-13H2,1-2H3;1-15H/q;+1. The van der Waals surface area contributed by atoms with Gasteiger partial charge in [-0.15, -0.1) is 0 Å². The van der Waals surface area contributed by atoms with Gasteiger partial charge in [0.25, 0.3) is 0 Å². The summed E-state index contributed by atoms with van der Waals surface area (Å²) in [6.45, 7) is 2.23.